The van der Waals surface area contributed by atoms with E-state index >= 15 is 0 Å². The SMILES string of the molecule is CCCNC(CC(CC)CC)c1cccc(Br)c1F. The van der Waals surface area contributed by atoms with Crippen molar-refractivity contribution in [3.63, 3.8) is 0 Å². The molecule has 1 atom stereocenters. The lowest BCUT2D eigenvalue weighted by Crippen LogP contribution is -2.25. The molecule has 1 rings (SSSR count). The van der Waals surface area contributed by atoms with Gasteiger partial charge in [-0.1, -0.05) is 45.7 Å². The number of benzene rings is 1. The van der Waals surface area contributed by atoms with E-state index in [2.05, 4.69) is 42.0 Å². The van der Waals surface area contributed by atoms with E-state index in [1.54, 1.807) is 6.07 Å². The van der Waals surface area contributed by atoms with Crippen molar-refractivity contribution in [3.8, 4) is 0 Å². The molecule has 0 bridgehead atoms. The van der Waals surface area contributed by atoms with Gasteiger partial charge < -0.3 is 5.32 Å². The molecule has 1 aromatic rings. The molecule has 1 aromatic carbocycles. The summed E-state index contributed by atoms with van der Waals surface area (Å²) in [4.78, 5) is 0. The molecule has 108 valence electrons. The van der Waals surface area contributed by atoms with Crippen LogP contribution in [0.15, 0.2) is 22.7 Å². The molecule has 0 spiro atoms. The largest absolute Gasteiger partial charge is 0.310 e. The molecule has 19 heavy (non-hydrogen) atoms. The van der Waals surface area contributed by atoms with Gasteiger partial charge in [0.25, 0.3) is 0 Å². The predicted octanol–water partition coefficient (Wildman–Crippen LogP) is 5.46. The maximum atomic E-state index is 14.3. The Morgan fingerprint density at radius 1 is 1.21 bits per heavy atom. The van der Waals surface area contributed by atoms with Gasteiger partial charge in [-0.25, -0.2) is 4.39 Å². The summed E-state index contributed by atoms with van der Waals surface area (Å²) in [5, 5.41) is 3.49. The first-order chi connectivity index (χ1) is 9.13. The van der Waals surface area contributed by atoms with Gasteiger partial charge in [0.2, 0.25) is 0 Å². The Morgan fingerprint density at radius 2 is 1.89 bits per heavy atom. The molecule has 1 N–H and O–H groups in total. The highest BCUT2D eigenvalue weighted by Crippen LogP contribution is 2.29. The third-order valence-corrected chi connectivity index (χ3v) is 4.33. The Morgan fingerprint density at radius 3 is 2.47 bits per heavy atom. The van der Waals surface area contributed by atoms with Gasteiger partial charge in [-0.05, 0) is 47.3 Å². The van der Waals surface area contributed by atoms with Crippen LogP contribution in [0.5, 0.6) is 0 Å². The molecule has 0 aliphatic heterocycles. The van der Waals surface area contributed by atoms with Crippen LogP contribution >= 0.6 is 15.9 Å². The number of rotatable bonds is 8. The molecule has 0 radical (unpaired) electrons. The molecular weight excluding hydrogens is 305 g/mol. The fraction of sp³-hybridized carbons (Fsp3) is 0.625. The van der Waals surface area contributed by atoms with Crippen molar-refractivity contribution in [2.45, 2.75) is 52.5 Å². The van der Waals surface area contributed by atoms with Crippen LogP contribution in [0.2, 0.25) is 0 Å². The molecule has 0 heterocycles. The van der Waals surface area contributed by atoms with E-state index in [0.29, 0.717) is 10.4 Å². The lowest BCUT2D eigenvalue weighted by molar-refractivity contribution is 0.363. The lowest BCUT2D eigenvalue weighted by Gasteiger charge is -2.24. The Balaban J connectivity index is 2.91. The van der Waals surface area contributed by atoms with Crippen LogP contribution < -0.4 is 5.32 Å². The fourth-order valence-corrected chi connectivity index (χ4v) is 2.77. The van der Waals surface area contributed by atoms with Crippen LogP contribution in [0.4, 0.5) is 4.39 Å². The second-order valence-corrected chi connectivity index (χ2v) is 5.92. The molecule has 1 nitrogen and oxygen atoms in total. The quantitative estimate of drug-likeness (QED) is 0.668. The Bertz CT molecular complexity index is 377. The highest BCUT2D eigenvalue weighted by molar-refractivity contribution is 9.10. The third kappa shape index (κ3) is 4.88. The van der Waals surface area contributed by atoms with Gasteiger partial charge in [0.1, 0.15) is 5.82 Å². The zero-order valence-electron chi connectivity index (χ0n) is 12.2. The number of halogens is 2. The summed E-state index contributed by atoms with van der Waals surface area (Å²) in [6.07, 6.45) is 4.36. The highest BCUT2D eigenvalue weighted by Gasteiger charge is 2.19. The van der Waals surface area contributed by atoms with Crippen molar-refractivity contribution in [1.29, 1.82) is 0 Å². The minimum absolute atomic E-state index is 0.113. The molecule has 0 aliphatic rings. The Hall–Kier alpha value is -0.410. The number of hydrogen-bond acceptors (Lipinski definition) is 1. The predicted molar refractivity (Wildman–Crippen MR) is 83.8 cm³/mol. The first-order valence-electron chi connectivity index (χ1n) is 7.31. The zero-order chi connectivity index (χ0) is 14.3. The summed E-state index contributed by atoms with van der Waals surface area (Å²) in [6.45, 7) is 7.49. The summed E-state index contributed by atoms with van der Waals surface area (Å²) in [7, 11) is 0. The average molecular weight is 330 g/mol. The van der Waals surface area contributed by atoms with Crippen LogP contribution in [-0.2, 0) is 0 Å². The maximum Gasteiger partial charge on any atom is 0.142 e. The summed E-state index contributed by atoms with van der Waals surface area (Å²) in [5.74, 6) is 0.523. The molecule has 0 saturated carbocycles. The second-order valence-electron chi connectivity index (χ2n) is 5.07. The van der Waals surface area contributed by atoms with Gasteiger partial charge in [-0.15, -0.1) is 0 Å². The van der Waals surface area contributed by atoms with E-state index in [4.69, 9.17) is 0 Å². The Kier molecular flexibility index (Phi) is 7.62. The summed E-state index contributed by atoms with van der Waals surface area (Å²) >= 11 is 3.28. The minimum atomic E-state index is -0.123. The number of nitrogens with one attached hydrogen (secondary N) is 1. The molecule has 0 aromatic heterocycles. The van der Waals surface area contributed by atoms with E-state index in [1.165, 1.54) is 0 Å². The van der Waals surface area contributed by atoms with Crippen LogP contribution in [0.3, 0.4) is 0 Å². The topological polar surface area (TPSA) is 12.0 Å². The molecule has 3 heteroatoms. The number of hydrogen-bond donors (Lipinski definition) is 1. The van der Waals surface area contributed by atoms with Crippen molar-refractivity contribution in [1.82, 2.24) is 5.32 Å². The van der Waals surface area contributed by atoms with Crippen LogP contribution in [0.25, 0.3) is 0 Å². The van der Waals surface area contributed by atoms with E-state index in [0.717, 1.165) is 37.8 Å². The monoisotopic (exact) mass is 329 g/mol. The van der Waals surface area contributed by atoms with Gasteiger partial charge in [-0.2, -0.15) is 0 Å². The van der Waals surface area contributed by atoms with Crippen LogP contribution in [-0.4, -0.2) is 6.54 Å². The standard InChI is InChI=1S/C16H25BrFN/c1-4-10-19-15(11-12(5-2)6-3)13-8-7-9-14(17)16(13)18/h7-9,12,15,19H,4-6,10-11H2,1-3H3. The van der Waals surface area contributed by atoms with Gasteiger partial charge in [0.15, 0.2) is 0 Å². The summed E-state index contributed by atoms with van der Waals surface area (Å²) in [5.41, 5.74) is 0.787. The van der Waals surface area contributed by atoms with Gasteiger partial charge in [-0.3, -0.25) is 0 Å². The van der Waals surface area contributed by atoms with E-state index < -0.39 is 0 Å². The Labute approximate surface area is 125 Å². The molecule has 0 saturated heterocycles. The summed E-state index contributed by atoms with van der Waals surface area (Å²) in [6, 6.07) is 5.68. The van der Waals surface area contributed by atoms with Crippen molar-refractivity contribution in [2.24, 2.45) is 5.92 Å². The second kappa shape index (κ2) is 8.70. The van der Waals surface area contributed by atoms with Gasteiger partial charge in [0.05, 0.1) is 4.47 Å². The van der Waals surface area contributed by atoms with Gasteiger partial charge >= 0.3 is 0 Å². The molecule has 1 unspecified atom stereocenters. The van der Waals surface area contributed by atoms with Crippen molar-refractivity contribution < 1.29 is 4.39 Å². The highest BCUT2D eigenvalue weighted by atomic mass is 79.9. The molecule has 0 amide bonds. The van der Waals surface area contributed by atoms with E-state index in [1.807, 2.05) is 12.1 Å². The first-order valence-corrected chi connectivity index (χ1v) is 8.10. The van der Waals surface area contributed by atoms with Crippen molar-refractivity contribution >= 4 is 15.9 Å². The van der Waals surface area contributed by atoms with E-state index in [9.17, 15) is 4.39 Å². The third-order valence-electron chi connectivity index (χ3n) is 3.72. The lowest BCUT2D eigenvalue weighted by atomic mass is 9.91. The fourth-order valence-electron chi connectivity index (χ4n) is 2.38. The first kappa shape index (κ1) is 16.6. The zero-order valence-corrected chi connectivity index (χ0v) is 13.8. The van der Waals surface area contributed by atoms with Gasteiger partial charge in [0, 0.05) is 11.6 Å². The maximum absolute atomic E-state index is 14.3. The van der Waals surface area contributed by atoms with Crippen molar-refractivity contribution in [3.05, 3.63) is 34.1 Å². The van der Waals surface area contributed by atoms with Crippen LogP contribution in [0, 0.1) is 11.7 Å². The van der Waals surface area contributed by atoms with E-state index in [-0.39, 0.29) is 11.9 Å². The van der Waals surface area contributed by atoms with Crippen LogP contribution in [0.1, 0.15) is 58.1 Å². The molecule has 0 fully saturated rings. The smallest absolute Gasteiger partial charge is 0.142 e. The average Bonchev–Trinajstić information content (AvgIpc) is 2.43. The normalized spacial score (nSPS) is 12.9. The molecular formula is C16H25BrFN. The van der Waals surface area contributed by atoms with Crippen molar-refractivity contribution in [2.75, 3.05) is 6.54 Å². The minimum Gasteiger partial charge on any atom is -0.310 e. The summed E-state index contributed by atoms with van der Waals surface area (Å²) < 4.78 is 14.8. The molecule has 0 aliphatic carbocycles.